The fourth-order valence-corrected chi connectivity index (χ4v) is 1.83. The lowest BCUT2D eigenvalue weighted by Gasteiger charge is -2.30. The third-order valence-corrected chi connectivity index (χ3v) is 3.10. The Hall–Kier alpha value is -1.26. The molecule has 0 aromatic heterocycles. The van der Waals surface area contributed by atoms with Crippen LogP contribution < -0.4 is 14.8 Å². The SMILES string of the molecule is CCCNC(C)(CO)c1ccc(OC)c(OC)c1. The zero-order valence-corrected chi connectivity index (χ0v) is 11.6. The summed E-state index contributed by atoms with van der Waals surface area (Å²) in [6.07, 6.45) is 1.02. The third-order valence-electron chi connectivity index (χ3n) is 3.10. The minimum Gasteiger partial charge on any atom is -0.493 e. The van der Waals surface area contributed by atoms with E-state index in [0.29, 0.717) is 11.5 Å². The van der Waals surface area contributed by atoms with Crippen molar-refractivity contribution in [1.29, 1.82) is 0 Å². The number of aliphatic hydroxyl groups excluding tert-OH is 1. The minimum absolute atomic E-state index is 0.0302. The molecule has 0 aliphatic carbocycles. The summed E-state index contributed by atoms with van der Waals surface area (Å²) >= 11 is 0. The number of methoxy groups -OCH3 is 2. The summed E-state index contributed by atoms with van der Waals surface area (Å²) in [5.41, 5.74) is 0.520. The summed E-state index contributed by atoms with van der Waals surface area (Å²) in [5.74, 6) is 1.37. The van der Waals surface area contributed by atoms with Gasteiger partial charge in [-0.05, 0) is 37.6 Å². The van der Waals surface area contributed by atoms with E-state index in [-0.39, 0.29) is 6.61 Å². The molecule has 102 valence electrons. The largest absolute Gasteiger partial charge is 0.493 e. The predicted molar refractivity (Wildman–Crippen MR) is 72.3 cm³/mol. The van der Waals surface area contributed by atoms with Gasteiger partial charge < -0.3 is 19.9 Å². The van der Waals surface area contributed by atoms with Gasteiger partial charge in [0.05, 0.1) is 26.4 Å². The summed E-state index contributed by atoms with van der Waals surface area (Å²) < 4.78 is 10.5. The molecule has 0 aliphatic heterocycles. The normalized spacial score (nSPS) is 14.1. The van der Waals surface area contributed by atoms with Crippen molar-refractivity contribution in [3.05, 3.63) is 23.8 Å². The van der Waals surface area contributed by atoms with Gasteiger partial charge >= 0.3 is 0 Å². The monoisotopic (exact) mass is 253 g/mol. The van der Waals surface area contributed by atoms with Crippen molar-refractivity contribution in [3.63, 3.8) is 0 Å². The van der Waals surface area contributed by atoms with Crippen molar-refractivity contribution in [2.24, 2.45) is 0 Å². The van der Waals surface area contributed by atoms with Crippen molar-refractivity contribution in [2.45, 2.75) is 25.8 Å². The van der Waals surface area contributed by atoms with E-state index in [1.165, 1.54) is 0 Å². The van der Waals surface area contributed by atoms with E-state index in [9.17, 15) is 5.11 Å². The minimum atomic E-state index is -0.463. The highest BCUT2D eigenvalue weighted by atomic mass is 16.5. The Morgan fingerprint density at radius 2 is 1.89 bits per heavy atom. The number of nitrogens with one attached hydrogen (secondary N) is 1. The van der Waals surface area contributed by atoms with Gasteiger partial charge in [-0.1, -0.05) is 13.0 Å². The zero-order valence-electron chi connectivity index (χ0n) is 11.6. The Balaban J connectivity index is 3.06. The lowest BCUT2D eigenvalue weighted by atomic mass is 9.92. The molecule has 0 bridgehead atoms. The molecule has 0 aliphatic rings. The van der Waals surface area contributed by atoms with Gasteiger partial charge in [-0.25, -0.2) is 0 Å². The van der Waals surface area contributed by atoms with Crippen LogP contribution in [-0.2, 0) is 5.54 Å². The number of hydrogen-bond acceptors (Lipinski definition) is 4. The second-order valence-corrected chi connectivity index (χ2v) is 4.49. The summed E-state index contributed by atoms with van der Waals surface area (Å²) in [6, 6.07) is 5.70. The second-order valence-electron chi connectivity index (χ2n) is 4.49. The molecule has 0 fully saturated rings. The lowest BCUT2D eigenvalue weighted by Crippen LogP contribution is -2.43. The van der Waals surface area contributed by atoms with Crippen molar-refractivity contribution in [2.75, 3.05) is 27.4 Å². The van der Waals surface area contributed by atoms with Crippen LogP contribution in [0.1, 0.15) is 25.8 Å². The summed E-state index contributed by atoms with van der Waals surface area (Å²) in [4.78, 5) is 0. The Kier molecular flexibility index (Phi) is 5.44. The molecule has 1 aromatic carbocycles. The van der Waals surface area contributed by atoms with Crippen LogP contribution in [0.25, 0.3) is 0 Å². The maximum atomic E-state index is 9.62. The summed E-state index contributed by atoms with van der Waals surface area (Å²) in [5, 5.41) is 13.0. The smallest absolute Gasteiger partial charge is 0.161 e. The molecule has 4 heteroatoms. The molecule has 4 nitrogen and oxygen atoms in total. The molecule has 0 saturated carbocycles. The quantitative estimate of drug-likeness (QED) is 0.779. The Morgan fingerprint density at radius 3 is 2.39 bits per heavy atom. The van der Waals surface area contributed by atoms with Gasteiger partial charge in [-0.2, -0.15) is 0 Å². The fourth-order valence-electron chi connectivity index (χ4n) is 1.83. The van der Waals surface area contributed by atoms with Crippen LogP contribution >= 0.6 is 0 Å². The maximum absolute atomic E-state index is 9.62. The van der Waals surface area contributed by atoms with E-state index in [4.69, 9.17) is 9.47 Å². The van der Waals surface area contributed by atoms with Crippen LogP contribution in [0.2, 0.25) is 0 Å². The van der Waals surface area contributed by atoms with Crippen LogP contribution in [0.5, 0.6) is 11.5 Å². The fraction of sp³-hybridized carbons (Fsp3) is 0.571. The van der Waals surface area contributed by atoms with E-state index in [2.05, 4.69) is 12.2 Å². The predicted octanol–water partition coefficient (Wildman–Crippen LogP) is 1.91. The first-order chi connectivity index (χ1) is 8.61. The Labute approximate surface area is 109 Å². The van der Waals surface area contributed by atoms with E-state index >= 15 is 0 Å². The number of benzene rings is 1. The van der Waals surface area contributed by atoms with Crippen LogP contribution in [0.3, 0.4) is 0 Å². The molecule has 0 radical (unpaired) electrons. The number of ether oxygens (including phenoxy) is 2. The molecule has 1 atom stereocenters. The number of hydrogen-bond donors (Lipinski definition) is 2. The average Bonchev–Trinajstić information content (AvgIpc) is 2.43. The van der Waals surface area contributed by atoms with Gasteiger partial charge in [0, 0.05) is 0 Å². The molecular weight excluding hydrogens is 230 g/mol. The van der Waals surface area contributed by atoms with Gasteiger partial charge in [-0.3, -0.25) is 0 Å². The van der Waals surface area contributed by atoms with Crippen molar-refractivity contribution in [3.8, 4) is 11.5 Å². The molecular formula is C14H23NO3. The van der Waals surface area contributed by atoms with E-state index in [1.54, 1.807) is 14.2 Å². The highest BCUT2D eigenvalue weighted by Gasteiger charge is 2.25. The average molecular weight is 253 g/mol. The third kappa shape index (κ3) is 3.15. The molecule has 18 heavy (non-hydrogen) atoms. The molecule has 1 unspecified atom stereocenters. The van der Waals surface area contributed by atoms with Crippen LogP contribution in [-0.4, -0.2) is 32.5 Å². The van der Waals surface area contributed by atoms with Crippen molar-refractivity contribution in [1.82, 2.24) is 5.32 Å². The summed E-state index contributed by atoms with van der Waals surface area (Å²) in [7, 11) is 3.22. The van der Waals surface area contributed by atoms with Gasteiger partial charge in [0.1, 0.15) is 0 Å². The van der Waals surface area contributed by atoms with Crippen molar-refractivity contribution >= 4 is 0 Å². The Bertz CT molecular complexity index is 381. The standard InChI is InChI=1S/C14H23NO3/c1-5-8-15-14(2,10-16)11-6-7-12(17-3)13(9-11)18-4/h6-7,9,15-16H,5,8,10H2,1-4H3. The number of aliphatic hydroxyl groups is 1. The molecule has 0 amide bonds. The van der Waals surface area contributed by atoms with Gasteiger partial charge in [-0.15, -0.1) is 0 Å². The first kappa shape index (κ1) is 14.8. The zero-order chi connectivity index (χ0) is 13.6. The molecule has 0 spiro atoms. The molecule has 2 N–H and O–H groups in total. The van der Waals surface area contributed by atoms with Gasteiger partial charge in [0.15, 0.2) is 11.5 Å². The van der Waals surface area contributed by atoms with Crippen LogP contribution in [0.15, 0.2) is 18.2 Å². The molecule has 0 heterocycles. The van der Waals surface area contributed by atoms with E-state index in [1.807, 2.05) is 25.1 Å². The van der Waals surface area contributed by atoms with Crippen LogP contribution in [0, 0.1) is 0 Å². The summed E-state index contributed by atoms with van der Waals surface area (Å²) in [6.45, 7) is 4.96. The topological polar surface area (TPSA) is 50.7 Å². The van der Waals surface area contributed by atoms with Gasteiger partial charge in [0.2, 0.25) is 0 Å². The van der Waals surface area contributed by atoms with E-state index < -0.39 is 5.54 Å². The highest BCUT2D eigenvalue weighted by molar-refractivity contribution is 5.45. The van der Waals surface area contributed by atoms with Crippen molar-refractivity contribution < 1.29 is 14.6 Å². The van der Waals surface area contributed by atoms with E-state index in [0.717, 1.165) is 18.5 Å². The van der Waals surface area contributed by atoms with Gasteiger partial charge in [0.25, 0.3) is 0 Å². The molecule has 1 rings (SSSR count). The first-order valence-corrected chi connectivity index (χ1v) is 6.19. The first-order valence-electron chi connectivity index (χ1n) is 6.19. The van der Waals surface area contributed by atoms with Crippen LogP contribution in [0.4, 0.5) is 0 Å². The lowest BCUT2D eigenvalue weighted by molar-refractivity contribution is 0.175. The molecule has 0 saturated heterocycles. The Morgan fingerprint density at radius 1 is 1.22 bits per heavy atom. The molecule has 1 aromatic rings. The second kappa shape index (κ2) is 6.61. The maximum Gasteiger partial charge on any atom is 0.161 e. The number of rotatable bonds is 7. The highest BCUT2D eigenvalue weighted by Crippen LogP contribution is 2.32.